The summed E-state index contributed by atoms with van der Waals surface area (Å²) in [5, 5.41) is 3.31. The third kappa shape index (κ3) is 5.68. The van der Waals surface area contributed by atoms with Gasteiger partial charge < -0.3 is 14.8 Å². The van der Waals surface area contributed by atoms with Crippen LogP contribution in [0.4, 0.5) is 0 Å². The molecule has 2 saturated heterocycles. The van der Waals surface area contributed by atoms with Crippen LogP contribution in [-0.4, -0.2) is 61.1 Å². The Morgan fingerprint density at radius 1 is 0.909 bits per heavy atom. The maximum absolute atomic E-state index is 12.9. The molecule has 0 spiro atoms. The molecular weight excluding hydrogens is 414 g/mol. The van der Waals surface area contributed by atoms with Crippen LogP contribution in [0, 0.1) is 0 Å². The average Bonchev–Trinajstić information content (AvgIpc) is 3.16. The number of nitrogens with zero attached hydrogens (tertiary/aromatic N) is 2. The van der Waals surface area contributed by atoms with E-state index < -0.39 is 0 Å². The van der Waals surface area contributed by atoms with Gasteiger partial charge in [-0.1, -0.05) is 36.4 Å². The van der Waals surface area contributed by atoms with Crippen LogP contribution in [0.1, 0.15) is 49.3 Å². The number of fused-ring (bicyclic) bond motifs is 1. The lowest BCUT2D eigenvalue weighted by molar-refractivity contribution is -0.123. The average molecular weight is 450 g/mol. The van der Waals surface area contributed by atoms with Gasteiger partial charge in [0.2, 0.25) is 5.91 Å². The van der Waals surface area contributed by atoms with Crippen molar-refractivity contribution in [1.29, 1.82) is 0 Å². The molecule has 0 radical (unpaired) electrons. The molecule has 6 nitrogen and oxygen atoms in total. The molecule has 33 heavy (non-hydrogen) atoms. The van der Waals surface area contributed by atoms with Crippen molar-refractivity contribution >= 4 is 5.91 Å². The summed E-state index contributed by atoms with van der Waals surface area (Å²) < 4.78 is 11.7. The van der Waals surface area contributed by atoms with Crippen molar-refractivity contribution in [2.45, 2.75) is 50.7 Å². The SMILES string of the molecule is O=C(CN1CCCC1c1ccc2c(c1)OCCCO2)NC1CCN(Cc2ccccc2)CC1. The van der Waals surface area contributed by atoms with Gasteiger partial charge in [0.1, 0.15) is 0 Å². The zero-order valence-corrected chi connectivity index (χ0v) is 19.4. The first-order chi connectivity index (χ1) is 16.2. The van der Waals surface area contributed by atoms with E-state index >= 15 is 0 Å². The molecule has 2 aromatic rings. The zero-order chi connectivity index (χ0) is 22.5. The molecule has 1 amide bonds. The molecule has 3 heterocycles. The molecule has 2 aromatic carbocycles. The number of hydrogen-bond acceptors (Lipinski definition) is 5. The molecule has 5 rings (SSSR count). The Morgan fingerprint density at radius 2 is 1.70 bits per heavy atom. The van der Waals surface area contributed by atoms with Gasteiger partial charge in [-0.15, -0.1) is 0 Å². The quantitative estimate of drug-likeness (QED) is 0.728. The summed E-state index contributed by atoms with van der Waals surface area (Å²) in [5.74, 6) is 1.82. The topological polar surface area (TPSA) is 54.0 Å². The number of amides is 1. The predicted molar refractivity (Wildman–Crippen MR) is 128 cm³/mol. The summed E-state index contributed by atoms with van der Waals surface area (Å²) in [6.45, 7) is 5.87. The van der Waals surface area contributed by atoms with Crippen LogP contribution in [0.2, 0.25) is 0 Å². The number of benzene rings is 2. The largest absolute Gasteiger partial charge is 0.490 e. The van der Waals surface area contributed by atoms with E-state index in [0.717, 1.165) is 69.8 Å². The number of likely N-dealkylation sites (tertiary alicyclic amines) is 2. The van der Waals surface area contributed by atoms with Crippen molar-refractivity contribution in [3.05, 3.63) is 59.7 Å². The lowest BCUT2D eigenvalue weighted by atomic mass is 10.0. The summed E-state index contributed by atoms with van der Waals surface area (Å²) >= 11 is 0. The normalized spacial score (nSPS) is 22.1. The molecular formula is C27H35N3O3. The van der Waals surface area contributed by atoms with Crippen LogP contribution in [-0.2, 0) is 11.3 Å². The molecule has 3 aliphatic heterocycles. The Bertz CT molecular complexity index is 927. The van der Waals surface area contributed by atoms with Gasteiger partial charge in [0.05, 0.1) is 19.8 Å². The van der Waals surface area contributed by atoms with E-state index in [4.69, 9.17) is 9.47 Å². The van der Waals surface area contributed by atoms with Gasteiger partial charge in [0.15, 0.2) is 11.5 Å². The van der Waals surface area contributed by atoms with E-state index in [0.29, 0.717) is 19.8 Å². The van der Waals surface area contributed by atoms with E-state index in [9.17, 15) is 4.79 Å². The van der Waals surface area contributed by atoms with E-state index in [2.05, 4.69) is 57.6 Å². The molecule has 0 aliphatic carbocycles. The van der Waals surface area contributed by atoms with Crippen LogP contribution in [0.3, 0.4) is 0 Å². The monoisotopic (exact) mass is 449 g/mol. The number of ether oxygens (including phenoxy) is 2. The fourth-order valence-electron chi connectivity index (χ4n) is 5.31. The van der Waals surface area contributed by atoms with Crippen LogP contribution >= 0.6 is 0 Å². The van der Waals surface area contributed by atoms with Crippen molar-refractivity contribution in [3.63, 3.8) is 0 Å². The summed E-state index contributed by atoms with van der Waals surface area (Å²) in [7, 11) is 0. The number of hydrogen-bond donors (Lipinski definition) is 1. The number of nitrogens with one attached hydrogen (secondary N) is 1. The summed E-state index contributed by atoms with van der Waals surface area (Å²) in [5.41, 5.74) is 2.58. The summed E-state index contributed by atoms with van der Waals surface area (Å²) in [6.07, 6.45) is 5.13. The van der Waals surface area contributed by atoms with E-state index in [1.165, 1.54) is 11.1 Å². The third-order valence-corrected chi connectivity index (χ3v) is 7.07. The van der Waals surface area contributed by atoms with Crippen LogP contribution < -0.4 is 14.8 Å². The zero-order valence-electron chi connectivity index (χ0n) is 19.4. The fourth-order valence-corrected chi connectivity index (χ4v) is 5.31. The highest BCUT2D eigenvalue weighted by Crippen LogP contribution is 2.37. The molecule has 1 atom stereocenters. The number of piperidine rings is 1. The van der Waals surface area contributed by atoms with Crippen LogP contribution in [0.25, 0.3) is 0 Å². The number of carbonyl (C=O) groups is 1. The first-order valence-corrected chi connectivity index (χ1v) is 12.4. The molecule has 2 fully saturated rings. The second-order valence-electron chi connectivity index (χ2n) is 9.49. The molecule has 0 saturated carbocycles. The maximum atomic E-state index is 12.9. The van der Waals surface area contributed by atoms with Crippen LogP contribution in [0.5, 0.6) is 11.5 Å². The van der Waals surface area contributed by atoms with Gasteiger partial charge in [0, 0.05) is 38.1 Å². The summed E-state index contributed by atoms with van der Waals surface area (Å²) in [6, 6.07) is 17.4. The van der Waals surface area contributed by atoms with E-state index in [-0.39, 0.29) is 18.0 Å². The van der Waals surface area contributed by atoms with Gasteiger partial charge in [-0.2, -0.15) is 0 Å². The highest BCUT2D eigenvalue weighted by Gasteiger charge is 2.29. The molecule has 1 N–H and O–H groups in total. The molecule has 0 bridgehead atoms. The van der Waals surface area contributed by atoms with E-state index in [1.54, 1.807) is 0 Å². The van der Waals surface area contributed by atoms with E-state index in [1.807, 2.05) is 6.07 Å². The first-order valence-electron chi connectivity index (χ1n) is 12.4. The smallest absolute Gasteiger partial charge is 0.234 e. The van der Waals surface area contributed by atoms with Crippen molar-refractivity contribution in [2.75, 3.05) is 39.4 Å². The minimum absolute atomic E-state index is 0.151. The molecule has 6 heteroatoms. The first kappa shape index (κ1) is 22.2. The minimum atomic E-state index is 0.151. The standard InChI is InChI=1S/C27H35N3O3/c31-27(28-23-11-14-29(15-12-23)19-21-6-2-1-3-7-21)20-30-13-4-8-24(30)22-9-10-25-26(18-22)33-17-5-16-32-25/h1-3,6-7,9-10,18,23-24H,4-5,8,11-17,19-20H2,(H,28,31). The second-order valence-corrected chi connectivity index (χ2v) is 9.49. The lowest BCUT2D eigenvalue weighted by Crippen LogP contribution is -2.47. The lowest BCUT2D eigenvalue weighted by Gasteiger charge is -2.33. The predicted octanol–water partition coefficient (Wildman–Crippen LogP) is 3.77. The minimum Gasteiger partial charge on any atom is -0.490 e. The van der Waals surface area contributed by atoms with Gasteiger partial charge in [-0.25, -0.2) is 0 Å². The maximum Gasteiger partial charge on any atom is 0.234 e. The Hall–Kier alpha value is -2.57. The van der Waals surface area contributed by atoms with Crippen molar-refractivity contribution < 1.29 is 14.3 Å². The Morgan fingerprint density at radius 3 is 2.52 bits per heavy atom. The molecule has 176 valence electrons. The van der Waals surface area contributed by atoms with Crippen molar-refractivity contribution in [1.82, 2.24) is 15.1 Å². The third-order valence-electron chi connectivity index (χ3n) is 7.07. The van der Waals surface area contributed by atoms with Gasteiger partial charge in [-0.3, -0.25) is 14.6 Å². The second kappa shape index (κ2) is 10.6. The van der Waals surface area contributed by atoms with Crippen molar-refractivity contribution in [2.24, 2.45) is 0 Å². The summed E-state index contributed by atoms with van der Waals surface area (Å²) in [4.78, 5) is 17.7. The van der Waals surface area contributed by atoms with Gasteiger partial charge in [-0.05, 0) is 55.5 Å². The fraction of sp³-hybridized carbons (Fsp3) is 0.519. The van der Waals surface area contributed by atoms with Crippen LogP contribution in [0.15, 0.2) is 48.5 Å². The highest BCUT2D eigenvalue weighted by atomic mass is 16.5. The molecule has 3 aliphatic rings. The van der Waals surface area contributed by atoms with Crippen molar-refractivity contribution in [3.8, 4) is 11.5 Å². The molecule has 0 aromatic heterocycles. The highest BCUT2D eigenvalue weighted by molar-refractivity contribution is 5.78. The molecule has 1 unspecified atom stereocenters. The Labute approximate surface area is 196 Å². The Balaban J connectivity index is 1.12. The number of carbonyl (C=O) groups excluding carboxylic acids is 1. The van der Waals surface area contributed by atoms with Gasteiger partial charge in [0.25, 0.3) is 0 Å². The number of rotatable bonds is 6. The Kier molecular flexibility index (Phi) is 7.12. The van der Waals surface area contributed by atoms with Gasteiger partial charge >= 0.3 is 0 Å².